The summed E-state index contributed by atoms with van der Waals surface area (Å²) in [6.07, 6.45) is 18.9. The van der Waals surface area contributed by atoms with Gasteiger partial charge in [0.25, 0.3) is 0 Å². The highest BCUT2D eigenvalue weighted by Crippen LogP contribution is 2.13. The van der Waals surface area contributed by atoms with Crippen molar-refractivity contribution in [1.29, 1.82) is 0 Å². The van der Waals surface area contributed by atoms with E-state index in [2.05, 4.69) is 23.1 Å². The first-order valence-corrected chi connectivity index (χ1v) is 8.78. The largest absolute Gasteiger partial charge is 0.399 e. The molecule has 1 heterocycles. The van der Waals surface area contributed by atoms with Crippen molar-refractivity contribution in [3.8, 4) is 0 Å². The molecule has 0 aliphatic rings. The SMILES string of the molecule is CON=CC(C)CCCCCCCCCCc1cccnc1. The molecule has 1 aromatic heterocycles. The van der Waals surface area contributed by atoms with E-state index in [1.807, 2.05) is 24.7 Å². The fourth-order valence-electron chi connectivity index (χ4n) is 2.64. The number of hydrogen-bond donors (Lipinski definition) is 0. The molecule has 0 spiro atoms. The molecule has 0 aromatic carbocycles. The Labute approximate surface area is 136 Å². The van der Waals surface area contributed by atoms with E-state index in [9.17, 15) is 0 Å². The minimum atomic E-state index is 0.535. The number of oxime groups is 1. The Hall–Kier alpha value is -1.38. The maximum atomic E-state index is 4.70. The summed E-state index contributed by atoms with van der Waals surface area (Å²) in [6.45, 7) is 2.20. The van der Waals surface area contributed by atoms with Gasteiger partial charge in [-0.3, -0.25) is 4.98 Å². The van der Waals surface area contributed by atoms with Gasteiger partial charge in [-0.25, -0.2) is 0 Å². The van der Waals surface area contributed by atoms with Crippen LogP contribution in [0.25, 0.3) is 0 Å². The lowest BCUT2D eigenvalue weighted by molar-refractivity contribution is 0.213. The quantitative estimate of drug-likeness (QED) is 0.278. The number of pyridine rings is 1. The first-order valence-electron chi connectivity index (χ1n) is 8.78. The normalized spacial score (nSPS) is 12.6. The summed E-state index contributed by atoms with van der Waals surface area (Å²) < 4.78 is 0. The molecule has 0 fully saturated rings. The molecule has 3 heteroatoms. The summed E-state index contributed by atoms with van der Waals surface area (Å²) in [4.78, 5) is 8.85. The Balaban J connectivity index is 1.83. The van der Waals surface area contributed by atoms with Crippen molar-refractivity contribution in [2.24, 2.45) is 11.1 Å². The van der Waals surface area contributed by atoms with E-state index in [0.717, 1.165) is 0 Å². The van der Waals surface area contributed by atoms with Gasteiger partial charge in [-0.05, 0) is 36.8 Å². The lowest BCUT2D eigenvalue weighted by Gasteiger charge is -2.05. The van der Waals surface area contributed by atoms with Crippen LogP contribution in [0.2, 0.25) is 0 Å². The van der Waals surface area contributed by atoms with Gasteiger partial charge in [0.2, 0.25) is 0 Å². The van der Waals surface area contributed by atoms with Crippen molar-refractivity contribution in [3.63, 3.8) is 0 Å². The van der Waals surface area contributed by atoms with E-state index in [0.29, 0.717) is 5.92 Å². The van der Waals surface area contributed by atoms with Crippen LogP contribution in [0.4, 0.5) is 0 Å². The van der Waals surface area contributed by atoms with Crippen LogP contribution < -0.4 is 0 Å². The second-order valence-electron chi connectivity index (χ2n) is 6.14. The van der Waals surface area contributed by atoms with Gasteiger partial charge in [-0.1, -0.05) is 63.1 Å². The van der Waals surface area contributed by atoms with Crippen LogP contribution in [0, 0.1) is 5.92 Å². The lowest BCUT2D eigenvalue weighted by Crippen LogP contribution is -1.96. The molecule has 0 saturated carbocycles. The topological polar surface area (TPSA) is 34.5 Å². The molecule has 0 radical (unpaired) electrons. The van der Waals surface area contributed by atoms with Crippen LogP contribution in [0.3, 0.4) is 0 Å². The van der Waals surface area contributed by atoms with Crippen molar-refractivity contribution in [2.75, 3.05) is 7.11 Å². The number of rotatable bonds is 13. The monoisotopic (exact) mass is 304 g/mol. The summed E-state index contributed by atoms with van der Waals surface area (Å²) in [5, 5.41) is 3.82. The van der Waals surface area contributed by atoms with E-state index >= 15 is 0 Å². The second kappa shape index (κ2) is 13.3. The van der Waals surface area contributed by atoms with Crippen molar-refractivity contribution >= 4 is 6.21 Å². The first-order chi connectivity index (χ1) is 10.8. The molecular formula is C19H32N2O. The van der Waals surface area contributed by atoms with Crippen LogP contribution in [0.5, 0.6) is 0 Å². The van der Waals surface area contributed by atoms with Crippen molar-refractivity contribution < 1.29 is 4.84 Å². The average Bonchev–Trinajstić information content (AvgIpc) is 2.55. The first kappa shape index (κ1) is 18.7. The molecule has 1 atom stereocenters. The van der Waals surface area contributed by atoms with Gasteiger partial charge in [-0.2, -0.15) is 0 Å². The molecule has 0 amide bonds. The number of aromatic nitrogens is 1. The molecule has 0 aliphatic carbocycles. The molecule has 1 aromatic rings. The maximum Gasteiger partial charge on any atom is 0.106 e. The van der Waals surface area contributed by atoms with Crippen molar-refractivity contribution in [1.82, 2.24) is 4.98 Å². The minimum absolute atomic E-state index is 0.535. The summed E-state index contributed by atoms with van der Waals surface area (Å²) in [5.41, 5.74) is 1.37. The summed E-state index contributed by atoms with van der Waals surface area (Å²) in [5.74, 6) is 0.535. The maximum absolute atomic E-state index is 4.70. The third kappa shape index (κ3) is 10.4. The standard InChI is InChI=1S/C19H32N2O/c1-18(16-21-22-2)12-9-7-5-3-4-6-8-10-13-19-14-11-15-20-17-19/h11,14-18H,3-10,12-13H2,1-2H3. The molecule has 22 heavy (non-hydrogen) atoms. The molecule has 0 N–H and O–H groups in total. The van der Waals surface area contributed by atoms with Crippen LogP contribution in [0.15, 0.2) is 29.7 Å². The Bertz CT molecular complexity index is 378. The van der Waals surface area contributed by atoms with Gasteiger partial charge < -0.3 is 4.84 Å². The highest BCUT2D eigenvalue weighted by atomic mass is 16.6. The van der Waals surface area contributed by atoms with Crippen molar-refractivity contribution in [3.05, 3.63) is 30.1 Å². The van der Waals surface area contributed by atoms with E-state index in [4.69, 9.17) is 4.84 Å². The van der Waals surface area contributed by atoms with Gasteiger partial charge in [-0.15, -0.1) is 0 Å². The van der Waals surface area contributed by atoms with Crippen molar-refractivity contribution in [2.45, 2.75) is 71.1 Å². The summed E-state index contributed by atoms with van der Waals surface area (Å²) in [6, 6.07) is 4.20. The molecule has 124 valence electrons. The predicted octanol–water partition coefficient (Wildman–Crippen LogP) is 5.40. The third-order valence-corrected chi connectivity index (χ3v) is 4.02. The Morgan fingerprint density at radius 2 is 1.77 bits per heavy atom. The average molecular weight is 304 g/mol. The van der Waals surface area contributed by atoms with E-state index in [-0.39, 0.29) is 0 Å². The highest BCUT2D eigenvalue weighted by molar-refractivity contribution is 5.59. The molecular weight excluding hydrogens is 272 g/mol. The zero-order chi connectivity index (χ0) is 15.9. The zero-order valence-electron chi connectivity index (χ0n) is 14.3. The van der Waals surface area contributed by atoms with Gasteiger partial charge in [0.05, 0.1) is 0 Å². The number of aryl methyl sites for hydroxylation is 1. The fourth-order valence-corrected chi connectivity index (χ4v) is 2.64. The molecule has 1 unspecified atom stereocenters. The molecule has 1 rings (SSSR count). The summed E-state index contributed by atoms with van der Waals surface area (Å²) in [7, 11) is 1.60. The Morgan fingerprint density at radius 1 is 1.09 bits per heavy atom. The lowest BCUT2D eigenvalue weighted by atomic mass is 10.0. The third-order valence-electron chi connectivity index (χ3n) is 4.02. The predicted molar refractivity (Wildman–Crippen MR) is 94.2 cm³/mol. The van der Waals surface area contributed by atoms with E-state index < -0.39 is 0 Å². The molecule has 0 aliphatic heterocycles. The molecule has 3 nitrogen and oxygen atoms in total. The number of nitrogens with zero attached hydrogens (tertiary/aromatic N) is 2. The van der Waals surface area contributed by atoms with E-state index in [1.165, 1.54) is 69.8 Å². The van der Waals surface area contributed by atoms with Gasteiger partial charge >= 0.3 is 0 Å². The van der Waals surface area contributed by atoms with Crippen LogP contribution in [-0.2, 0) is 11.3 Å². The second-order valence-corrected chi connectivity index (χ2v) is 6.14. The zero-order valence-corrected chi connectivity index (χ0v) is 14.3. The van der Waals surface area contributed by atoms with Gasteiger partial charge in [0.1, 0.15) is 7.11 Å². The molecule has 0 saturated heterocycles. The van der Waals surface area contributed by atoms with Gasteiger partial charge in [0.15, 0.2) is 0 Å². The van der Waals surface area contributed by atoms with Gasteiger partial charge in [0, 0.05) is 18.6 Å². The van der Waals surface area contributed by atoms with E-state index in [1.54, 1.807) is 7.11 Å². The Kier molecular flexibility index (Phi) is 11.3. The number of hydrogen-bond acceptors (Lipinski definition) is 3. The summed E-state index contributed by atoms with van der Waals surface area (Å²) >= 11 is 0. The highest BCUT2D eigenvalue weighted by Gasteiger charge is 1.99. The van der Waals surface area contributed by atoms with Crippen LogP contribution in [0.1, 0.15) is 70.3 Å². The minimum Gasteiger partial charge on any atom is -0.399 e. The van der Waals surface area contributed by atoms with Crippen LogP contribution >= 0.6 is 0 Å². The smallest absolute Gasteiger partial charge is 0.106 e. The molecule has 0 bridgehead atoms. The number of unbranched alkanes of at least 4 members (excludes halogenated alkanes) is 7. The Morgan fingerprint density at radius 3 is 2.41 bits per heavy atom. The fraction of sp³-hybridized carbons (Fsp3) is 0.684. The van der Waals surface area contributed by atoms with Crippen LogP contribution in [-0.4, -0.2) is 18.3 Å².